The number of aromatic amines is 1. The van der Waals surface area contributed by atoms with Crippen LogP contribution in [0.25, 0.3) is 11.0 Å². The summed E-state index contributed by atoms with van der Waals surface area (Å²) in [7, 11) is 0. The largest absolute Gasteiger partial charge is 0.399 e. The molecule has 24 heavy (non-hydrogen) atoms. The standard InChI is InChI=1S/C18H20N6/c19-12-1-2-15-14(9-12)18(10-21-15)4-7-24(8-5-18)17-13-3-6-20-16(13)22-11-23-17/h1-3,6,9,11,21H,4-5,7-8,10,19H2,(H,20,22,23). The Morgan fingerprint density at radius 2 is 2.00 bits per heavy atom. The van der Waals surface area contributed by atoms with E-state index in [1.54, 1.807) is 6.33 Å². The summed E-state index contributed by atoms with van der Waals surface area (Å²) in [5, 5.41) is 4.66. The van der Waals surface area contributed by atoms with Gasteiger partial charge < -0.3 is 20.9 Å². The fraction of sp³-hybridized carbons (Fsp3) is 0.333. The van der Waals surface area contributed by atoms with Gasteiger partial charge in [0.05, 0.1) is 5.39 Å². The number of nitrogens with one attached hydrogen (secondary N) is 2. The molecular formula is C18H20N6. The van der Waals surface area contributed by atoms with E-state index in [0.29, 0.717) is 0 Å². The molecule has 4 N–H and O–H groups in total. The fourth-order valence-electron chi connectivity index (χ4n) is 4.22. The molecule has 1 spiro atoms. The summed E-state index contributed by atoms with van der Waals surface area (Å²) in [6.07, 6.45) is 5.78. The summed E-state index contributed by atoms with van der Waals surface area (Å²) in [4.78, 5) is 14.4. The average Bonchev–Trinajstić information content (AvgIpc) is 3.21. The number of hydrogen-bond acceptors (Lipinski definition) is 5. The van der Waals surface area contributed by atoms with Gasteiger partial charge >= 0.3 is 0 Å². The predicted octanol–water partition coefficient (Wildman–Crippen LogP) is 2.50. The van der Waals surface area contributed by atoms with Crippen molar-refractivity contribution in [2.24, 2.45) is 0 Å². The number of anilines is 3. The maximum Gasteiger partial charge on any atom is 0.142 e. The Labute approximate surface area is 140 Å². The van der Waals surface area contributed by atoms with Gasteiger partial charge in [-0.25, -0.2) is 9.97 Å². The molecule has 2 aromatic heterocycles. The van der Waals surface area contributed by atoms with Gasteiger partial charge in [-0.05, 0) is 42.7 Å². The lowest BCUT2D eigenvalue weighted by atomic mass is 9.74. The van der Waals surface area contributed by atoms with E-state index in [1.165, 1.54) is 11.3 Å². The van der Waals surface area contributed by atoms with E-state index in [2.05, 4.69) is 43.4 Å². The molecule has 0 unspecified atom stereocenters. The highest BCUT2D eigenvalue weighted by Crippen LogP contribution is 2.45. The van der Waals surface area contributed by atoms with Gasteiger partial charge in [-0.1, -0.05) is 0 Å². The Kier molecular flexibility index (Phi) is 2.77. The predicted molar refractivity (Wildman–Crippen MR) is 96.4 cm³/mol. The van der Waals surface area contributed by atoms with Gasteiger partial charge in [0.15, 0.2) is 0 Å². The van der Waals surface area contributed by atoms with Crippen molar-refractivity contribution in [3.63, 3.8) is 0 Å². The Hall–Kier alpha value is -2.76. The van der Waals surface area contributed by atoms with Crippen molar-refractivity contribution < 1.29 is 0 Å². The molecule has 5 rings (SSSR count). The normalized spacial score (nSPS) is 18.8. The van der Waals surface area contributed by atoms with E-state index in [0.717, 1.165) is 55.0 Å². The summed E-state index contributed by atoms with van der Waals surface area (Å²) in [6.45, 7) is 2.99. The Morgan fingerprint density at radius 3 is 2.88 bits per heavy atom. The third kappa shape index (κ3) is 1.89. The molecule has 3 aromatic rings. The average molecular weight is 320 g/mol. The molecule has 1 saturated heterocycles. The molecule has 0 atom stereocenters. The van der Waals surface area contributed by atoms with E-state index in [4.69, 9.17) is 5.73 Å². The van der Waals surface area contributed by atoms with Gasteiger partial charge in [0.2, 0.25) is 0 Å². The molecule has 1 fully saturated rings. The third-order valence-corrected chi connectivity index (χ3v) is 5.59. The summed E-state index contributed by atoms with van der Waals surface area (Å²) < 4.78 is 0. The first-order chi connectivity index (χ1) is 11.8. The Bertz CT molecular complexity index is 907. The summed E-state index contributed by atoms with van der Waals surface area (Å²) in [5.41, 5.74) is 10.6. The van der Waals surface area contributed by atoms with E-state index in [1.807, 2.05) is 12.3 Å². The number of rotatable bonds is 1. The maximum atomic E-state index is 6.03. The zero-order valence-corrected chi connectivity index (χ0v) is 13.4. The second-order valence-electron chi connectivity index (χ2n) is 6.86. The first-order valence-corrected chi connectivity index (χ1v) is 8.42. The van der Waals surface area contributed by atoms with Crippen LogP contribution in [-0.2, 0) is 5.41 Å². The minimum atomic E-state index is 0.200. The van der Waals surface area contributed by atoms with Crippen molar-refractivity contribution in [1.29, 1.82) is 0 Å². The molecule has 4 heterocycles. The molecule has 0 saturated carbocycles. The van der Waals surface area contributed by atoms with Crippen LogP contribution in [0, 0.1) is 0 Å². The highest BCUT2D eigenvalue weighted by Gasteiger charge is 2.41. The Morgan fingerprint density at radius 1 is 1.12 bits per heavy atom. The van der Waals surface area contributed by atoms with Crippen LogP contribution in [0.5, 0.6) is 0 Å². The van der Waals surface area contributed by atoms with Crippen LogP contribution < -0.4 is 16.0 Å². The molecule has 6 heteroatoms. The van der Waals surface area contributed by atoms with Crippen LogP contribution in [0.15, 0.2) is 36.8 Å². The molecule has 0 amide bonds. The molecule has 1 aromatic carbocycles. The number of nitrogens with two attached hydrogens (primary N) is 1. The quantitative estimate of drug-likeness (QED) is 0.600. The molecule has 2 aliphatic rings. The van der Waals surface area contributed by atoms with Crippen LogP contribution >= 0.6 is 0 Å². The monoisotopic (exact) mass is 320 g/mol. The second-order valence-corrected chi connectivity index (χ2v) is 6.86. The van der Waals surface area contributed by atoms with Crippen LogP contribution in [0.4, 0.5) is 17.2 Å². The summed E-state index contributed by atoms with van der Waals surface area (Å²) in [6, 6.07) is 8.30. The molecule has 0 radical (unpaired) electrons. The zero-order chi connectivity index (χ0) is 16.1. The minimum absolute atomic E-state index is 0.200. The van der Waals surface area contributed by atoms with E-state index < -0.39 is 0 Å². The van der Waals surface area contributed by atoms with E-state index >= 15 is 0 Å². The number of fused-ring (bicyclic) bond motifs is 3. The van der Waals surface area contributed by atoms with Crippen molar-refractivity contribution in [2.45, 2.75) is 18.3 Å². The SMILES string of the molecule is Nc1ccc2c(c1)C1(CCN(c3ncnc4[nH]ccc34)CC1)CN2. The van der Waals surface area contributed by atoms with Crippen LogP contribution in [0.2, 0.25) is 0 Å². The highest BCUT2D eigenvalue weighted by molar-refractivity contribution is 5.87. The van der Waals surface area contributed by atoms with Crippen LogP contribution in [0.3, 0.4) is 0 Å². The van der Waals surface area contributed by atoms with Gasteiger partial charge in [0, 0.05) is 42.6 Å². The fourth-order valence-corrected chi connectivity index (χ4v) is 4.22. The van der Waals surface area contributed by atoms with Crippen molar-refractivity contribution in [3.8, 4) is 0 Å². The van der Waals surface area contributed by atoms with Gasteiger partial charge in [0.25, 0.3) is 0 Å². The van der Waals surface area contributed by atoms with Gasteiger partial charge in [-0.15, -0.1) is 0 Å². The maximum absolute atomic E-state index is 6.03. The van der Waals surface area contributed by atoms with Crippen LogP contribution in [0.1, 0.15) is 18.4 Å². The number of H-pyrrole nitrogens is 1. The molecule has 2 aliphatic heterocycles. The topological polar surface area (TPSA) is 82.9 Å². The van der Waals surface area contributed by atoms with E-state index in [9.17, 15) is 0 Å². The third-order valence-electron chi connectivity index (χ3n) is 5.59. The molecule has 0 aliphatic carbocycles. The summed E-state index contributed by atoms with van der Waals surface area (Å²) in [5.74, 6) is 1.04. The molecule has 0 bridgehead atoms. The van der Waals surface area contributed by atoms with Gasteiger partial charge in [0.1, 0.15) is 17.8 Å². The smallest absolute Gasteiger partial charge is 0.142 e. The lowest BCUT2D eigenvalue weighted by molar-refractivity contribution is 0.361. The van der Waals surface area contributed by atoms with Crippen LogP contribution in [-0.4, -0.2) is 34.6 Å². The van der Waals surface area contributed by atoms with Crippen molar-refractivity contribution >= 4 is 28.2 Å². The number of nitrogens with zero attached hydrogens (tertiary/aromatic N) is 3. The van der Waals surface area contributed by atoms with Crippen molar-refractivity contribution in [3.05, 3.63) is 42.4 Å². The van der Waals surface area contributed by atoms with E-state index in [-0.39, 0.29) is 5.41 Å². The number of hydrogen-bond donors (Lipinski definition) is 3. The second kappa shape index (κ2) is 4.87. The number of benzene rings is 1. The van der Waals surface area contributed by atoms with Crippen molar-refractivity contribution in [2.75, 3.05) is 35.6 Å². The number of aromatic nitrogens is 3. The first kappa shape index (κ1) is 13.7. The highest BCUT2D eigenvalue weighted by atomic mass is 15.2. The van der Waals surface area contributed by atoms with Crippen molar-refractivity contribution in [1.82, 2.24) is 15.0 Å². The lowest BCUT2D eigenvalue weighted by Gasteiger charge is -2.40. The summed E-state index contributed by atoms with van der Waals surface area (Å²) >= 11 is 0. The molecule has 122 valence electrons. The molecule has 6 nitrogen and oxygen atoms in total. The molecular weight excluding hydrogens is 300 g/mol. The number of nitrogen functional groups attached to an aromatic ring is 1. The lowest BCUT2D eigenvalue weighted by Crippen LogP contribution is -2.44. The minimum Gasteiger partial charge on any atom is -0.399 e. The van der Waals surface area contributed by atoms with Gasteiger partial charge in [-0.3, -0.25) is 0 Å². The van der Waals surface area contributed by atoms with Gasteiger partial charge in [-0.2, -0.15) is 0 Å². The number of piperidine rings is 1. The first-order valence-electron chi connectivity index (χ1n) is 8.42. The Balaban J connectivity index is 1.45. The zero-order valence-electron chi connectivity index (χ0n) is 13.4.